The lowest BCUT2D eigenvalue weighted by atomic mass is 10.0. The van der Waals surface area contributed by atoms with E-state index in [0.29, 0.717) is 0 Å². The Morgan fingerprint density at radius 3 is 1.25 bits per heavy atom. The summed E-state index contributed by atoms with van der Waals surface area (Å²) in [5, 5.41) is 0. The van der Waals surface area contributed by atoms with Crippen LogP contribution in [-0.4, -0.2) is 0 Å². The average molecular weight is 460 g/mol. The summed E-state index contributed by atoms with van der Waals surface area (Å²) in [6, 6.07) is 4.70. The number of halogens is 2. The van der Waals surface area contributed by atoms with Crippen molar-refractivity contribution in [1.82, 2.24) is 0 Å². The summed E-state index contributed by atoms with van der Waals surface area (Å²) < 4.78 is 2.61. The number of benzene rings is 1. The van der Waals surface area contributed by atoms with Crippen LogP contribution in [0.2, 0.25) is 0 Å². The number of rotatable bonds is 14. The van der Waals surface area contributed by atoms with Crippen LogP contribution in [0, 0.1) is 0 Å². The fraction of sp³-hybridized carbons (Fsp3) is 0.727. The first-order chi connectivity index (χ1) is 11.7. The van der Waals surface area contributed by atoms with Gasteiger partial charge in [-0.15, -0.1) is 0 Å². The van der Waals surface area contributed by atoms with Gasteiger partial charge >= 0.3 is 0 Å². The number of hydrogen-bond donors (Lipinski definition) is 0. The molecule has 0 amide bonds. The lowest BCUT2D eigenvalue weighted by Crippen LogP contribution is -1.94. The Labute approximate surface area is 167 Å². The zero-order valence-corrected chi connectivity index (χ0v) is 19.0. The fourth-order valence-corrected chi connectivity index (χ4v) is 4.38. The van der Waals surface area contributed by atoms with E-state index in [1.54, 1.807) is 0 Å². The van der Waals surface area contributed by atoms with Gasteiger partial charge in [0, 0.05) is 8.95 Å². The number of aryl methyl sites for hydroxylation is 2. The van der Waals surface area contributed by atoms with E-state index in [0.717, 1.165) is 0 Å². The van der Waals surface area contributed by atoms with Gasteiger partial charge in [-0.25, -0.2) is 0 Å². The van der Waals surface area contributed by atoms with Crippen LogP contribution in [0.25, 0.3) is 0 Å². The van der Waals surface area contributed by atoms with E-state index in [1.165, 1.54) is 110 Å². The molecule has 2 heteroatoms. The summed E-state index contributed by atoms with van der Waals surface area (Å²) in [7, 11) is 0. The molecule has 0 unspecified atom stereocenters. The highest BCUT2D eigenvalue weighted by Gasteiger charge is 2.07. The largest absolute Gasteiger partial charge is 0.0654 e. The Morgan fingerprint density at radius 1 is 0.542 bits per heavy atom. The van der Waals surface area contributed by atoms with Crippen LogP contribution in [-0.2, 0) is 12.8 Å². The van der Waals surface area contributed by atoms with Crippen molar-refractivity contribution in [2.24, 2.45) is 0 Å². The van der Waals surface area contributed by atoms with Crippen molar-refractivity contribution in [1.29, 1.82) is 0 Å². The van der Waals surface area contributed by atoms with Gasteiger partial charge in [-0.05, 0) is 48.9 Å². The van der Waals surface area contributed by atoms with Crippen molar-refractivity contribution in [3.63, 3.8) is 0 Å². The minimum absolute atomic E-state index is 1.20. The lowest BCUT2D eigenvalue weighted by molar-refractivity contribution is 0.605. The summed E-state index contributed by atoms with van der Waals surface area (Å²) in [6.45, 7) is 4.56. The normalized spacial score (nSPS) is 11.2. The number of hydrogen-bond acceptors (Lipinski definition) is 0. The molecular formula is C22H36Br2. The summed E-state index contributed by atoms with van der Waals surface area (Å²) in [5.74, 6) is 0. The summed E-state index contributed by atoms with van der Waals surface area (Å²) in [4.78, 5) is 0. The molecule has 138 valence electrons. The Balaban J connectivity index is 2.33. The molecule has 0 saturated carbocycles. The van der Waals surface area contributed by atoms with E-state index in [1.807, 2.05) is 0 Å². The molecule has 0 aliphatic carbocycles. The molecule has 1 aromatic rings. The predicted molar refractivity (Wildman–Crippen MR) is 116 cm³/mol. The Kier molecular flexibility index (Phi) is 13.3. The third-order valence-corrected chi connectivity index (χ3v) is 6.29. The van der Waals surface area contributed by atoms with Gasteiger partial charge in [0.1, 0.15) is 0 Å². The van der Waals surface area contributed by atoms with Gasteiger partial charge in [-0.1, -0.05) is 110 Å². The monoisotopic (exact) mass is 458 g/mol. The van der Waals surface area contributed by atoms with Crippen molar-refractivity contribution in [2.75, 3.05) is 0 Å². The Bertz CT molecular complexity index is 398. The van der Waals surface area contributed by atoms with Crippen LogP contribution >= 0.6 is 31.9 Å². The average Bonchev–Trinajstić information content (AvgIpc) is 2.57. The zero-order valence-electron chi connectivity index (χ0n) is 15.8. The maximum atomic E-state index is 3.80. The second kappa shape index (κ2) is 14.4. The van der Waals surface area contributed by atoms with Crippen LogP contribution in [0.5, 0.6) is 0 Å². The van der Waals surface area contributed by atoms with Crippen LogP contribution < -0.4 is 0 Å². The van der Waals surface area contributed by atoms with E-state index in [9.17, 15) is 0 Å². The van der Waals surface area contributed by atoms with Gasteiger partial charge in [0.15, 0.2) is 0 Å². The summed E-state index contributed by atoms with van der Waals surface area (Å²) >= 11 is 7.60. The van der Waals surface area contributed by atoms with Gasteiger partial charge in [-0.2, -0.15) is 0 Å². The first kappa shape index (κ1) is 22.2. The first-order valence-electron chi connectivity index (χ1n) is 10.2. The van der Waals surface area contributed by atoms with Gasteiger partial charge in [0.05, 0.1) is 0 Å². The highest BCUT2D eigenvalue weighted by atomic mass is 79.9. The molecule has 0 atom stereocenters. The van der Waals surface area contributed by atoms with Crippen LogP contribution in [0.3, 0.4) is 0 Å². The standard InChI is InChI=1S/C22H36Br2/c1-3-5-7-9-11-13-15-19-17-22(24)20(18-21(19)23)16-14-12-10-8-6-4-2/h17-18H,3-16H2,1-2H3. The highest BCUT2D eigenvalue weighted by molar-refractivity contribution is 9.11. The second-order valence-electron chi connectivity index (χ2n) is 7.07. The molecule has 24 heavy (non-hydrogen) atoms. The van der Waals surface area contributed by atoms with E-state index in [2.05, 4.69) is 57.8 Å². The molecule has 0 N–H and O–H groups in total. The maximum absolute atomic E-state index is 3.80. The molecule has 1 rings (SSSR count). The van der Waals surface area contributed by atoms with E-state index >= 15 is 0 Å². The molecule has 0 fully saturated rings. The molecule has 0 bridgehead atoms. The summed E-state index contributed by atoms with van der Waals surface area (Å²) in [6.07, 6.45) is 18.8. The smallest absolute Gasteiger partial charge is 0.0210 e. The molecular weight excluding hydrogens is 424 g/mol. The van der Waals surface area contributed by atoms with E-state index in [4.69, 9.17) is 0 Å². The van der Waals surface area contributed by atoms with E-state index < -0.39 is 0 Å². The number of unbranched alkanes of at least 4 members (excludes halogenated alkanes) is 10. The van der Waals surface area contributed by atoms with Crippen molar-refractivity contribution >= 4 is 31.9 Å². The van der Waals surface area contributed by atoms with Gasteiger partial charge in [0.2, 0.25) is 0 Å². The molecule has 0 nitrogen and oxygen atoms in total. The lowest BCUT2D eigenvalue weighted by Gasteiger charge is -2.11. The topological polar surface area (TPSA) is 0 Å². The SMILES string of the molecule is CCCCCCCCc1cc(Br)c(CCCCCCCC)cc1Br. The van der Waals surface area contributed by atoms with Crippen molar-refractivity contribution in [2.45, 2.75) is 104 Å². The third-order valence-electron chi connectivity index (χ3n) is 4.81. The van der Waals surface area contributed by atoms with Gasteiger partial charge < -0.3 is 0 Å². The molecule has 0 aromatic heterocycles. The zero-order chi connectivity index (χ0) is 17.6. The third kappa shape index (κ3) is 9.61. The molecule has 0 aliphatic rings. The highest BCUT2D eigenvalue weighted by Crippen LogP contribution is 2.29. The van der Waals surface area contributed by atoms with Crippen LogP contribution in [0.15, 0.2) is 21.1 Å². The van der Waals surface area contributed by atoms with E-state index in [-0.39, 0.29) is 0 Å². The molecule has 0 aliphatic heterocycles. The van der Waals surface area contributed by atoms with Gasteiger partial charge in [0.25, 0.3) is 0 Å². The van der Waals surface area contributed by atoms with Crippen molar-refractivity contribution in [3.05, 3.63) is 32.2 Å². The van der Waals surface area contributed by atoms with Gasteiger partial charge in [-0.3, -0.25) is 0 Å². The minimum Gasteiger partial charge on any atom is -0.0654 e. The second-order valence-corrected chi connectivity index (χ2v) is 8.78. The van der Waals surface area contributed by atoms with Crippen LogP contribution in [0.1, 0.15) is 102 Å². The molecule has 0 radical (unpaired) electrons. The summed E-state index contributed by atoms with van der Waals surface area (Å²) in [5.41, 5.74) is 2.92. The van der Waals surface area contributed by atoms with Crippen molar-refractivity contribution < 1.29 is 0 Å². The molecule has 0 spiro atoms. The molecule has 0 saturated heterocycles. The minimum atomic E-state index is 1.20. The van der Waals surface area contributed by atoms with Crippen molar-refractivity contribution in [3.8, 4) is 0 Å². The van der Waals surface area contributed by atoms with Crippen LogP contribution in [0.4, 0.5) is 0 Å². The Morgan fingerprint density at radius 2 is 0.875 bits per heavy atom. The Hall–Kier alpha value is 0.180. The molecule has 0 heterocycles. The first-order valence-corrected chi connectivity index (χ1v) is 11.7. The molecule has 1 aromatic carbocycles. The fourth-order valence-electron chi connectivity index (χ4n) is 3.20. The quantitative estimate of drug-likeness (QED) is 0.243. The maximum Gasteiger partial charge on any atom is 0.0210 e. The predicted octanol–water partition coefficient (Wildman–Crippen LogP) is 9.02.